The summed E-state index contributed by atoms with van der Waals surface area (Å²) in [5, 5.41) is 10.9. The van der Waals surface area contributed by atoms with E-state index in [-0.39, 0.29) is 0 Å². The Bertz CT molecular complexity index is 1400. The summed E-state index contributed by atoms with van der Waals surface area (Å²) >= 11 is 0. The number of nitrogens with one attached hydrogen (secondary N) is 3. The normalized spacial score (nSPS) is 10.9. The van der Waals surface area contributed by atoms with Gasteiger partial charge in [-0.1, -0.05) is 54.6 Å². The van der Waals surface area contributed by atoms with Crippen molar-refractivity contribution in [3.63, 3.8) is 0 Å². The first-order valence-electron chi connectivity index (χ1n) is 11.6. The molecule has 0 spiro atoms. The smallest absolute Gasteiger partial charge is 0.250 e. The van der Waals surface area contributed by atoms with E-state index >= 15 is 0 Å². The molecule has 0 fully saturated rings. The predicted molar refractivity (Wildman–Crippen MR) is 146 cm³/mol. The molecular formula is C28H26N8. The lowest BCUT2D eigenvalue weighted by Gasteiger charge is -2.10. The van der Waals surface area contributed by atoms with Crippen molar-refractivity contribution in [2.24, 2.45) is 5.10 Å². The molecule has 3 aromatic carbocycles. The van der Waals surface area contributed by atoms with E-state index in [1.807, 2.05) is 78.9 Å². The van der Waals surface area contributed by atoms with Gasteiger partial charge in [-0.15, -0.1) is 0 Å². The van der Waals surface area contributed by atoms with Gasteiger partial charge in [-0.2, -0.15) is 20.1 Å². The monoisotopic (exact) mass is 474 g/mol. The van der Waals surface area contributed by atoms with Gasteiger partial charge in [0, 0.05) is 34.0 Å². The highest BCUT2D eigenvalue weighted by Crippen LogP contribution is 2.21. The fourth-order valence-electron chi connectivity index (χ4n) is 3.89. The summed E-state index contributed by atoms with van der Waals surface area (Å²) < 4.78 is 2.20. The molecule has 36 heavy (non-hydrogen) atoms. The van der Waals surface area contributed by atoms with E-state index in [1.54, 1.807) is 6.21 Å². The molecule has 8 heteroatoms. The number of aryl methyl sites for hydroxylation is 1. The molecule has 0 aliphatic rings. The third kappa shape index (κ3) is 5.39. The Morgan fingerprint density at radius 2 is 1.17 bits per heavy atom. The zero-order valence-electron chi connectivity index (χ0n) is 20.1. The van der Waals surface area contributed by atoms with Crippen molar-refractivity contribution in [3.05, 3.63) is 114 Å². The summed E-state index contributed by atoms with van der Waals surface area (Å²) in [4.78, 5) is 13.5. The van der Waals surface area contributed by atoms with Crippen molar-refractivity contribution in [2.45, 2.75) is 13.8 Å². The van der Waals surface area contributed by atoms with Crippen molar-refractivity contribution >= 4 is 35.4 Å². The summed E-state index contributed by atoms with van der Waals surface area (Å²) in [6, 6.07) is 31.8. The second kappa shape index (κ2) is 10.5. The highest BCUT2D eigenvalue weighted by molar-refractivity contribution is 5.82. The maximum atomic E-state index is 4.51. The molecule has 0 radical (unpaired) electrons. The summed E-state index contributed by atoms with van der Waals surface area (Å²) in [5.74, 6) is 1.11. The molecular weight excluding hydrogens is 448 g/mol. The van der Waals surface area contributed by atoms with E-state index in [0.717, 1.165) is 34.0 Å². The third-order valence-corrected chi connectivity index (χ3v) is 5.55. The van der Waals surface area contributed by atoms with Crippen LogP contribution in [0.25, 0.3) is 5.69 Å². The topological polar surface area (TPSA) is 92.1 Å². The Hall–Kier alpha value is -4.98. The number of anilines is 5. The molecule has 0 atom stereocenters. The van der Waals surface area contributed by atoms with Crippen LogP contribution in [-0.2, 0) is 0 Å². The number of rotatable bonds is 8. The molecule has 178 valence electrons. The fraction of sp³-hybridized carbons (Fsp3) is 0.0714. The number of para-hydroxylation sites is 3. The van der Waals surface area contributed by atoms with Gasteiger partial charge in [-0.05, 0) is 56.3 Å². The molecule has 0 saturated heterocycles. The molecule has 5 rings (SSSR count). The highest BCUT2D eigenvalue weighted by Gasteiger charge is 2.10. The van der Waals surface area contributed by atoms with Gasteiger partial charge in [0.05, 0.1) is 6.21 Å². The second-order valence-corrected chi connectivity index (χ2v) is 8.16. The minimum Gasteiger partial charge on any atom is -0.324 e. The van der Waals surface area contributed by atoms with E-state index in [2.05, 4.69) is 72.7 Å². The summed E-state index contributed by atoms with van der Waals surface area (Å²) in [7, 11) is 0. The zero-order valence-corrected chi connectivity index (χ0v) is 20.1. The number of nitrogens with zero attached hydrogens (tertiary/aromatic N) is 5. The maximum Gasteiger partial charge on any atom is 0.250 e. The first-order chi connectivity index (χ1) is 17.7. The predicted octanol–water partition coefficient (Wildman–Crippen LogP) is 6.21. The van der Waals surface area contributed by atoms with Gasteiger partial charge in [0.1, 0.15) is 0 Å². The number of benzene rings is 3. The van der Waals surface area contributed by atoms with Crippen molar-refractivity contribution < 1.29 is 0 Å². The van der Waals surface area contributed by atoms with Crippen LogP contribution in [0, 0.1) is 13.8 Å². The van der Waals surface area contributed by atoms with E-state index in [0.29, 0.717) is 17.8 Å². The van der Waals surface area contributed by atoms with Gasteiger partial charge in [0.2, 0.25) is 17.8 Å². The third-order valence-electron chi connectivity index (χ3n) is 5.55. The van der Waals surface area contributed by atoms with E-state index < -0.39 is 0 Å². The van der Waals surface area contributed by atoms with Gasteiger partial charge in [0.15, 0.2) is 0 Å². The maximum absolute atomic E-state index is 4.51. The number of hydrazone groups is 1. The second-order valence-electron chi connectivity index (χ2n) is 8.16. The molecule has 0 aliphatic heterocycles. The molecule has 0 unspecified atom stereocenters. The SMILES string of the molecule is Cc1cc(/C=N\Nc2nc(Nc3ccccc3)nc(Nc3ccccc3)n2)c(C)n1-c1ccccc1. The summed E-state index contributed by atoms with van der Waals surface area (Å²) in [6.07, 6.45) is 1.78. The van der Waals surface area contributed by atoms with Crippen LogP contribution in [0.2, 0.25) is 0 Å². The van der Waals surface area contributed by atoms with E-state index in [1.165, 1.54) is 0 Å². The average molecular weight is 475 g/mol. The molecule has 5 aromatic rings. The minimum absolute atomic E-state index is 0.315. The lowest BCUT2D eigenvalue weighted by Crippen LogP contribution is -2.07. The van der Waals surface area contributed by atoms with Crippen LogP contribution < -0.4 is 16.1 Å². The van der Waals surface area contributed by atoms with Crippen molar-refractivity contribution in [1.29, 1.82) is 0 Å². The molecule has 0 aliphatic carbocycles. The van der Waals surface area contributed by atoms with Crippen LogP contribution in [0.4, 0.5) is 29.2 Å². The van der Waals surface area contributed by atoms with Crippen LogP contribution in [0.1, 0.15) is 17.0 Å². The van der Waals surface area contributed by atoms with Crippen molar-refractivity contribution in [1.82, 2.24) is 19.5 Å². The molecule has 8 nitrogen and oxygen atoms in total. The first kappa shape index (κ1) is 22.8. The van der Waals surface area contributed by atoms with Crippen LogP contribution in [0.3, 0.4) is 0 Å². The van der Waals surface area contributed by atoms with Gasteiger partial charge >= 0.3 is 0 Å². The van der Waals surface area contributed by atoms with Crippen LogP contribution in [-0.4, -0.2) is 25.7 Å². The quantitative estimate of drug-likeness (QED) is 0.183. The van der Waals surface area contributed by atoms with E-state index in [4.69, 9.17) is 0 Å². The lowest BCUT2D eigenvalue weighted by molar-refractivity contribution is 0.965. The van der Waals surface area contributed by atoms with Gasteiger partial charge in [-0.3, -0.25) is 0 Å². The first-order valence-corrected chi connectivity index (χ1v) is 11.6. The summed E-state index contributed by atoms with van der Waals surface area (Å²) in [5.41, 5.74) is 9.05. The Morgan fingerprint density at radius 1 is 0.667 bits per heavy atom. The highest BCUT2D eigenvalue weighted by atomic mass is 15.4. The Labute approximate surface area is 209 Å². The Balaban J connectivity index is 1.39. The molecule has 0 bridgehead atoms. The Morgan fingerprint density at radius 3 is 1.72 bits per heavy atom. The standard InChI is InChI=1S/C28H26N8/c1-20-18-22(21(2)36(20)25-16-10-5-11-17-25)19-29-35-28-33-26(30-23-12-6-3-7-13-23)32-27(34-28)31-24-14-8-4-9-15-24/h3-19H,1-2H3,(H3,30,31,32,33,34,35)/b29-19-. The molecule has 0 saturated carbocycles. The fourth-order valence-corrected chi connectivity index (χ4v) is 3.89. The molecule has 2 heterocycles. The molecule has 3 N–H and O–H groups in total. The van der Waals surface area contributed by atoms with Crippen LogP contribution >= 0.6 is 0 Å². The van der Waals surface area contributed by atoms with Crippen LogP contribution in [0.15, 0.2) is 102 Å². The lowest BCUT2D eigenvalue weighted by atomic mass is 10.2. The van der Waals surface area contributed by atoms with Gasteiger partial charge < -0.3 is 15.2 Å². The summed E-state index contributed by atoms with van der Waals surface area (Å²) in [6.45, 7) is 4.16. The number of hydrogen-bond donors (Lipinski definition) is 3. The average Bonchev–Trinajstić information content (AvgIpc) is 3.18. The number of aromatic nitrogens is 4. The van der Waals surface area contributed by atoms with Crippen molar-refractivity contribution in [2.75, 3.05) is 16.1 Å². The molecule has 2 aromatic heterocycles. The number of hydrogen-bond acceptors (Lipinski definition) is 7. The van der Waals surface area contributed by atoms with Gasteiger partial charge in [-0.25, -0.2) is 5.43 Å². The van der Waals surface area contributed by atoms with E-state index in [9.17, 15) is 0 Å². The largest absolute Gasteiger partial charge is 0.324 e. The van der Waals surface area contributed by atoms with Crippen LogP contribution in [0.5, 0.6) is 0 Å². The molecule has 0 amide bonds. The van der Waals surface area contributed by atoms with Crippen molar-refractivity contribution in [3.8, 4) is 5.69 Å². The Kier molecular flexibility index (Phi) is 6.66. The van der Waals surface area contributed by atoms with Gasteiger partial charge in [0.25, 0.3) is 0 Å². The minimum atomic E-state index is 0.315. The zero-order chi connectivity index (χ0) is 24.7.